The minimum Gasteiger partial charge on any atom is -0.337 e. The molecule has 4 rings (SSSR count). The second kappa shape index (κ2) is 7.75. The van der Waals surface area contributed by atoms with Gasteiger partial charge in [0, 0.05) is 24.4 Å². The van der Waals surface area contributed by atoms with E-state index in [1.165, 1.54) is 5.56 Å². The summed E-state index contributed by atoms with van der Waals surface area (Å²) < 4.78 is 1.72. The van der Waals surface area contributed by atoms with Crippen molar-refractivity contribution in [3.63, 3.8) is 0 Å². The molecule has 0 saturated heterocycles. The highest BCUT2D eigenvalue weighted by atomic mass is 32.1. The molecule has 1 aliphatic rings. The van der Waals surface area contributed by atoms with Crippen LogP contribution in [0.3, 0.4) is 0 Å². The molecule has 0 aliphatic carbocycles. The van der Waals surface area contributed by atoms with Gasteiger partial charge in [-0.15, -0.1) is 11.3 Å². The molecule has 1 amide bonds. The lowest BCUT2D eigenvalue weighted by Crippen LogP contribution is -2.37. The van der Waals surface area contributed by atoms with Crippen molar-refractivity contribution in [2.45, 2.75) is 53.1 Å². The summed E-state index contributed by atoms with van der Waals surface area (Å²) in [5.74, 6) is 0.189. The van der Waals surface area contributed by atoms with Gasteiger partial charge in [0.15, 0.2) is 0 Å². The number of carbonyl (C=O) groups is 1. The van der Waals surface area contributed by atoms with Crippen LogP contribution in [-0.2, 0) is 30.7 Å². The largest absolute Gasteiger partial charge is 0.337 e. The van der Waals surface area contributed by atoms with Crippen LogP contribution in [0.4, 0.5) is 0 Å². The summed E-state index contributed by atoms with van der Waals surface area (Å²) >= 11 is 1.56. The van der Waals surface area contributed by atoms with E-state index in [1.54, 1.807) is 22.2 Å². The van der Waals surface area contributed by atoms with Crippen LogP contribution in [0, 0.1) is 5.41 Å². The van der Waals surface area contributed by atoms with E-state index < -0.39 is 0 Å². The van der Waals surface area contributed by atoms with E-state index in [0.717, 1.165) is 33.5 Å². The molecule has 0 atom stereocenters. The zero-order valence-electron chi connectivity index (χ0n) is 17.3. The number of amides is 1. The Kier molecular flexibility index (Phi) is 5.30. The van der Waals surface area contributed by atoms with E-state index in [1.807, 2.05) is 23.1 Å². The summed E-state index contributed by atoms with van der Waals surface area (Å²) in [6, 6.07) is 10.2. The van der Waals surface area contributed by atoms with Crippen LogP contribution >= 0.6 is 11.3 Å². The zero-order chi connectivity index (χ0) is 20.6. The first kappa shape index (κ1) is 19.8. The molecule has 0 radical (unpaired) electrons. The monoisotopic (exact) mass is 409 g/mol. The lowest BCUT2D eigenvalue weighted by molar-refractivity contribution is -0.133. The third-order valence-corrected chi connectivity index (χ3v) is 6.47. The summed E-state index contributed by atoms with van der Waals surface area (Å²) in [7, 11) is 0. The van der Waals surface area contributed by atoms with Crippen molar-refractivity contribution in [1.29, 1.82) is 0 Å². The van der Waals surface area contributed by atoms with Crippen molar-refractivity contribution in [3.05, 3.63) is 63.0 Å². The smallest absolute Gasteiger partial charge is 0.262 e. The molecule has 0 bridgehead atoms. The third kappa shape index (κ3) is 4.27. The first-order chi connectivity index (χ1) is 13.8. The fourth-order valence-corrected chi connectivity index (χ4v) is 5.04. The topological polar surface area (TPSA) is 55.2 Å². The van der Waals surface area contributed by atoms with Crippen LogP contribution < -0.4 is 5.56 Å². The molecule has 0 unspecified atom stereocenters. The summed E-state index contributed by atoms with van der Waals surface area (Å²) in [6.07, 6.45) is 3.73. The van der Waals surface area contributed by atoms with E-state index in [-0.39, 0.29) is 16.9 Å². The Morgan fingerprint density at radius 2 is 1.97 bits per heavy atom. The lowest BCUT2D eigenvalue weighted by Gasteiger charge is -2.29. The Bertz CT molecular complexity index is 1090. The van der Waals surface area contributed by atoms with E-state index in [9.17, 15) is 9.59 Å². The maximum atomic E-state index is 13.1. The van der Waals surface area contributed by atoms with Crippen molar-refractivity contribution in [3.8, 4) is 0 Å². The number of hydrogen-bond donors (Lipinski definition) is 0. The lowest BCUT2D eigenvalue weighted by atomic mass is 9.91. The van der Waals surface area contributed by atoms with Crippen molar-refractivity contribution >= 4 is 27.5 Å². The molecule has 1 aromatic carbocycles. The van der Waals surface area contributed by atoms with Gasteiger partial charge in [-0.3, -0.25) is 14.2 Å². The van der Waals surface area contributed by atoms with Gasteiger partial charge < -0.3 is 4.90 Å². The Morgan fingerprint density at radius 1 is 1.21 bits per heavy atom. The molecule has 1 aliphatic heterocycles. The van der Waals surface area contributed by atoms with Crippen LogP contribution in [0.15, 0.2) is 41.5 Å². The minimum atomic E-state index is -0.0223. The number of hydrogen-bond acceptors (Lipinski definition) is 4. The van der Waals surface area contributed by atoms with E-state index in [0.29, 0.717) is 26.1 Å². The summed E-state index contributed by atoms with van der Waals surface area (Å²) in [4.78, 5) is 34.2. The first-order valence-electron chi connectivity index (χ1n) is 10.1. The number of aryl methyl sites for hydroxylation is 2. The van der Waals surface area contributed by atoms with Crippen LogP contribution in [0.25, 0.3) is 10.2 Å². The van der Waals surface area contributed by atoms with Gasteiger partial charge in [0.25, 0.3) is 5.56 Å². The van der Waals surface area contributed by atoms with Gasteiger partial charge in [-0.25, -0.2) is 4.98 Å². The molecule has 3 heterocycles. The molecular formula is C23H27N3O2S. The number of benzene rings is 1. The highest BCUT2D eigenvalue weighted by Crippen LogP contribution is 2.33. The van der Waals surface area contributed by atoms with Gasteiger partial charge in [0.05, 0.1) is 18.3 Å². The predicted octanol–water partition coefficient (Wildman–Crippen LogP) is 4.02. The van der Waals surface area contributed by atoms with Gasteiger partial charge in [0.2, 0.25) is 5.91 Å². The van der Waals surface area contributed by atoms with Crippen LogP contribution in [0.2, 0.25) is 0 Å². The molecule has 0 saturated carbocycles. The fraction of sp³-hybridized carbons (Fsp3) is 0.435. The second-order valence-corrected chi connectivity index (χ2v) is 10.0. The normalized spacial score (nSPS) is 14.2. The quantitative estimate of drug-likeness (QED) is 0.654. The Hall–Kier alpha value is -2.47. The molecule has 5 nitrogen and oxygen atoms in total. The number of aromatic nitrogens is 2. The molecule has 0 N–H and O–H groups in total. The van der Waals surface area contributed by atoms with Crippen LogP contribution in [0.5, 0.6) is 0 Å². The summed E-state index contributed by atoms with van der Waals surface area (Å²) in [5, 5.41) is 0.753. The molecule has 0 spiro atoms. The standard InChI is InChI=1S/C23H27N3O2S/c1-23(2,3)13-19(27)25-12-10-17-18(14-25)29-21-20(17)22(28)26(15-24-21)11-9-16-7-5-4-6-8-16/h4-8,15H,9-14H2,1-3H3. The fourth-order valence-electron chi connectivity index (χ4n) is 3.85. The maximum absolute atomic E-state index is 13.1. The van der Waals surface area contributed by atoms with Gasteiger partial charge in [-0.05, 0) is 29.4 Å². The number of fused-ring (bicyclic) bond motifs is 3. The number of carbonyl (C=O) groups excluding carboxylic acids is 1. The van der Waals surface area contributed by atoms with Crippen molar-refractivity contribution < 1.29 is 4.79 Å². The summed E-state index contributed by atoms with van der Waals surface area (Å²) in [6.45, 7) is 8.14. The van der Waals surface area contributed by atoms with Crippen LogP contribution in [0.1, 0.15) is 43.2 Å². The van der Waals surface area contributed by atoms with Gasteiger partial charge in [0.1, 0.15) is 4.83 Å². The molecular weight excluding hydrogens is 382 g/mol. The van der Waals surface area contributed by atoms with Crippen molar-refractivity contribution in [1.82, 2.24) is 14.5 Å². The highest BCUT2D eigenvalue weighted by Gasteiger charge is 2.28. The molecule has 152 valence electrons. The minimum absolute atomic E-state index is 0.0223. The Morgan fingerprint density at radius 3 is 2.69 bits per heavy atom. The van der Waals surface area contributed by atoms with Gasteiger partial charge >= 0.3 is 0 Å². The molecule has 6 heteroatoms. The Balaban J connectivity index is 1.57. The van der Waals surface area contributed by atoms with E-state index in [2.05, 4.69) is 37.9 Å². The number of rotatable bonds is 4. The molecule has 0 fully saturated rings. The van der Waals surface area contributed by atoms with Crippen molar-refractivity contribution in [2.75, 3.05) is 6.54 Å². The summed E-state index contributed by atoms with van der Waals surface area (Å²) in [5.41, 5.74) is 2.32. The number of nitrogens with zero attached hydrogens (tertiary/aromatic N) is 3. The Labute approximate surface area is 175 Å². The molecule has 2 aromatic heterocycles. The van der Waals surface area contributed by atoms with Crippen molar-refractivity contribution in [2.24, 2.45) is 5.41 Å². The predicted molar refractivity (Wildman–Crippen MR) is 117 cm³/mol. The average molecular weight is 410 g/mol. The highest BCUT2D eigenvalue weighted by molar-refractivity contribution is 7.18. The average Bonchev–Trinajstić information content (AvgIpc) is 3.05. The second-order valence-electron chi connectivity index (χ2n) is 8.97. The first-order valence-corrected chi connectivity index (χ1v) is 10.9. The maximum Gasteiger partial charge on any atom is 0.262 e. The van der Waals surface area contributed by atoms with Gasteiger partial charge in [-0.2, -0.15) is 0 Å². The van der Waals surface area contributed by atoms with E-state index >= 15 is 0 Å². The van der Waals surface area contributed by atoms with Crippen LogP contribution in [-0.4, -0.2) is 26.9 Å². The third-order valence-electron chi connectivity index (χ3n) is 5.35. The zero-order valence-corrected chi connectivity index (χ0v) is 18.1. The number of thiophene rings is 1. The van der Waals surface area contributed by atoms with Gasteiger partial charge in [-0.1, -0.05) is 51.1 Å². The molecule has 29 heavy (non-hydrogen) atoms. The SMILES string of the molecule is CC(C)(C)CC(=O)N1CCc2c(sc3ncn(CCc4ccccc4)c(=O)c23)C1. The van der Waals surface area contributed by atoms with E-state index in [4.69, 9.17) is 0 Å². The molecule has 3 aromatic rings.